The number of likely N-dealkylation sites (tertiary alicyclic amines) is 2. The Balaban J connectivity index is 1.40. The monoisotopic (exact) mass is 392 g/mol. The molecule has 0 aromatic carbocycles. The number of nitrogens with zero attached hydrogens (tertiary/aromatic N) is 3. The lowest BCUT2D eigenvalue weighted by molar-refractivity contribution is -0.127. The van der Waals surface area contributed by atoms with Crippen molar-refractivity contribution in [2.45, 2.75) is 58.0 Å². The van der Waals surface area contributed by atoms with Crippen LogP contribution in [0.5, 0.6) is 0 Å². The standard InChI is InChI=1S/C20H32N4O4/c1-3-16-12-17(28-22-16)14-23-10-7-15(8-11-23)13-21-19(25)18-6-4-5-9-24(18)20(26)27-2/h12,15,18H,3-11,13-14H2,1-2H3,(H,21,25). The molecule has 28 heavy (non-hydrogen) atoms. The maximum atomic E-state index is 12.6. The van der Waals surface area contributed by atoms with Crippen molar-refractivity contribution in [3.63, 3.8) is 0 Å². The molecule has 2 aliphatic heterocycles. The smallest absolute Gasteiger partial charge is 0.410 e. The number of carbonyl (C=O) groups is 2. The van der Waals surface area contributed by atoms with Gasteiger partial charge in [0.15, 0.2) is 5.76 Å². The number of methoxy groups -OCH3 is 1. The van der Waals surface area contributed by atoms with E-state index in [1.807, 2.05) is 6.07 Å². The van der Waals surface area contributed by atoms with E-state index in [0.29, 0.717) is 25.4 Å². The zero-order chi connectivity index (χ0) is 19.9. The molecular formula is C20H32N4O4. The Labute approximate surface area is 166 Å². The van der Waals surface area contributed by atoms with Crippen LogP contribution in [0.25, 0.3) is 0 Å². The third kappa shape index (κ3) is 5.25. The molecule has 2 saturated heterocycles. The number of hydrogen-bond acceptors (Lipinski definition) is 6. The largest absolute Gasteiger partial charge is 0.453 e. The highest BCUT2D eigenvalue weighted by Crippen LogP contribution is 2.21. The Morgan fingerprint density at radius 3 is 2.71 bits per heavy atom. The maximum absolute atomic E-state index is 12.6. The van der Waals surface area contributed by atoms with Crippen molar-refractivity contribution in [3.8, 4) is 0 Å². The van der Waals surface area contributed by atoms with Crippen molar-refractivity contribution in [1.29, 1.82) is 0 Å². The predicted octanol–water partition coefficient (Wildman–Crippen LogP) is 2.19. The number of aryl methyl sites for hydroxylation is 1. The normalized spacial score (nSPS) is 21.5. The van der Waals surface area contributed by atoms with Gasteiger partial charge in [-0.15, -0.1) is 0 Å². The number of hydrogen-bond donors (Lipinski definition) is 1. The summed E-state index contributed by atoms with van der Waals surface area (Å²) in [5.41, 5.74) is 0.997. The molecule has 3 heterocycles. The minimum atomic E-state index is -0.410. The summed E-state index contributed by atoms with van der Waals surface area (Å²) in [6.45, 7) is 6.09. The maximum Gasteiger partial charge on any atom is 0.410 e. The van der Waals surface area contributed by atoms with E-state index in [9.17, 15) is 9.59 Å². The second-order valence-electron chi connectivity index (χ2n) is 7.78. The van der Waals surface area contributed by atoms with Crippen LogP contribution in [-0.4, -0.2) is 66.3 Å². The SMILES string of the molecule is CCc1cc(CN2CCC(CNC(=O)C3CCCCN3C(=O)OC)CC2)on1. The number of aromatic nitrogens is 1. The fourth-order valence-electron chi connectivity index (χ4n) is 4.07. The number of carbonyl (C=O) groups excluding carboxylic acids is 2. The van der Waals surface area contributed by atoms with Crippen LogP contribution in [0.4, 0.5) is 4.79 Å². The molecule has 8 nitrogen and oxygen atoms in total. The van der Waals surface area contributed by atoms with Gasteiger partial charge in [-0.05, 0) is 57.5 Å². The van der Waals surface area contributed by atoms with Crippen LogP contribution >= 0.6 is 0 Å². The van der Waals surface area contributed by atoms with Gasteiger partial charge in [0.05, 0.1) is 19.3 Å². The van der Waals surface area contributed by atoms with E-state index in [2.05, 4.69) is 22.3 Å². The Morgan fingerprint density at radius 1 is 1.25 bits per heavy atom. The highest BCUT2D eigenvalue weighted by molar-refractivity contribution is 5.85. The van der Waals surface area contributed by atoms with Gasteiger partial charge in [0, 0.05) is 19.2 Å². The fraction of sp³-hybridized carbons (Fsp3) is 0.750. The van der Waals surface area contributed by atoms with Crippen LogP contribution in [-0.2, 0) is 22.5 Å². The molecule has 156 valence electrons. The lowest BCUT2D eigenvalue weighted by Gasteiger charge is -2.34. The fourth-order valence-corrected chi connectivity index (χ4v) is 4.07. The van der Waals surface area contributed by atoms with E-state index < -0.39 is 12.1 Å². The number of nitrogens with one attached hydrogen (secondary N) is 1. The lowest BCUT2D eigenvalue weighted by Crippen LogP contribution is -2.52. The van der Waals surface area contributed by atoms with E-state index in [0.717, 1.165) is 63.2 Å². The number of ether oxygens (including phenoxy) is 1. The van der Waals surface area contributed by atoms with Crippen LogP contribution in [0, 0.1) is 5.92 Å². The third-order valence-electron chi connectivity index (χ3n) is 5.84. The first-order valence-corrected chi connectivity index (χ1v) is 10.4. The molecule has 0 radical (unpaired) electrons. The number of amides is 2. The average Bonchev–Trinajstić information content (AvgIpc) is 3.20. The van der Waals surface area contributed by atoms with E-state index in [1.165, 1.54) is 7.11 Å². The van der Waals surface area contributed by atoms with E-state index in [4.69, 9.17) is 9.26 Å². The summed E-state index contributed by atoms with van der Waals surface area (Å²) in [6, 6.07) is 1.63. The summed E-state index contributed by atoms with van der Waals surface area (Å²) < 4.78 is 10.2. The summed E-state index contributed by atoms with van der Waals surface area (Å²) in [5.74, 6) is 1.33. The molecule has 1 aromatic rings. The van der Waals surface area contributed by atoms with Crippen molar-refractivity contribution >= 4 is 12.0 Å². The molecule has 2 fully saturated rings. The second kappa shape index (κ2) is 9.91. The topological polar surface area (TPSA) is 87.9 Å². The highest BCUT2D eigenvalue weighted by atomic mass is 16.5. The van der Waals surface area contributed by atoms with Crippen molar-refractivity contribution in [3.05, 3.63) is 17.5 Å². The van der Waals surface area contributed by atoms with Crippen LogP contribution in [0.15, 0.2) is 10.6 Å². The molecule has 0 aliphatic carbocycles. The van der Waals surface area contributed by atoms with Gasteiger partial charge in [-0.1, -0.05) is 12.1 Å². The molecular weight excluding hydrogens is 360 g/mol. The van der Waals surface area contributed by atoms with Gasteiger partial charge in [-0.3, -0.25) is 14.6 Å². The Kier molecular flexibility index (Phi) is 7.30. The van der Waals surface area contributed by atoms with Crippen molar-refractivity contribution in [2.24, 2.45) is 5.92 Å². The van der Waals surface area contributed by atoms with Crippen LogP contribution in [0.1, 0.15) is 50.5 Å². The predicted molar refractivity (Wildman–Crippen MR) is 104 cm³/mol. The van der Waals surface area contributed by atoms with Crippen LogP contribution in [0.3, 0.4) is 0 Å². The van der Waals surface area contributed by atoms with E-state index >= 15 is 0 Å². The first-order valence-electron chi connectivity index (χ1n) is 10.4. The molecule has 0 spiro atoms. The van der Waals surface area contributed by atoms with E-state index in [1.54, 1.807) is 4.90 Å². The molecule has 1 unspecified atom stereocenters. The van der Waals surface area contributed by atoms with Crippen molar-refractivity contribution < 1.29 is 18.8 Å². The Hall–Kier alpha value is -2.09. The average molecular weight is 393 g/mol. The summed E-state index contributed by atoms with van der Waals surface area (Å²) in [6.07, 6.45) is 5.15. The molecule has 0 saturated carbocycles. The first kappa shape index (κ1) is 20.6. The Morgan fingerprint density at radius 2 is 2.04 bits per heavy atom. The van der Waals surface area contributed by atoms with Gasteiger partial charge in [-0.2, -0.15) is 0 Å². The van der Waals surface area contributed by atoms with Gasteiger partial charge in [-0.25, -0.2) is 4.79 Å². The van der Waals surface area contributed by atoms with Crippen molar-refractivity contribution in [2.75, 3.05) is 33.3 Å². The van der Waals surface area contributed by atoms with Gasteiger partial charge in [0.1, 0.15) is 6.04 Å². The summed E-state index contributed by atoms with van der Waals surface area (Å²) in [7, 11) is 1.36. The highest BCUT2D eigenvalue weighted by Gasteiger charge is 2.33. The molecule has 3 rings (SSSR count). The van der Waals surface area contributed by atoms with Gasteiger partial charge < -0.3 is 14.6 Å². The third-order valence-corrected chi connectivity index (χ3v) is 5.84. The second-order valence-corrected chi connectivity index (χ2v) is 7.78. The van der Waals surface area contributed by atoms with Gasteiger partial charge >= 0.3 is 6.09 Å². The Bertz CT molecular complexity index is 654. The minimum Gasteiger partial charge on any atom is -0.453 e. The first-order chi connectivity index (χ1) is 13.6. The minimum absolute atomic E-state index is 0.0544. The van der Waals surface area contributed by atoms with Crippen molar-refractivity contribution in [1.82, 2.24) is 20.3 Å². The molecule has 8 heteroatoms. The number of rotatable bonds is 6. The van der Waals surface area contributed by atoms with Crippen LogP contribution < -0.4 is 5.32 Å². The summed E-state index contributed by atoms with van der Waals surface area (Å²) in [5, 5.41) is 7.12. The van der Waals surface area contributed by atoms with Crippen LogP contribution in [0.2, 0.25) is 0 Å². The quantitative estimate of drug-likeness (QED) is 0.798. The molecule has 1 atom stereocenters. The molecule has 1 aromatic heterocycles. The molecule has 0 bridgehead atoms. The lowest BCUT2D eigenvalue weighted by atomic mass is 9.96. The van der Waals surface area contributed by atoms with Gasteiger partial charge in [0.2, 0.25) is 5.91 Å². The number of piperidine rings is 2. The zero-order valence-corrected chi connectivity index (χ0v) is 17.0. The summed E-state index contributed by atoms with van der Waals surface area (Å²) >= 11 is 0. The van der Waals surface area contributed by atoms with E-state index in [-0.39, 0.29) is 5.91 Å². The molecule has 1 N–H and O–H groups in total. The zero-order valence-electron chi connectivity index (χ0n) is 17.0. The molecule has 2 aliphatic rings. The molecule has 2 amide bonds. The van der Waals surface area contributed by atoms with Gasteiger partial charge in [0.25, 0.3) is 0 Å². The summed E-state index contributed by atoms with van der Waals surface area (Å²) in [4.78, 5) is 28.5.